The second-order valence-corrected chi connectivity index (χ2v) is 9.02. The Bertz CT molecular complexity index is 460. The third-order valence-corrected chi connectivity index (χ3v) is 6.53. The molecule has 1 fully saturated rings. The van der Waals surface area contributed by atoms with Crippen molar-refractivity contribution in [1.82, 2.24) is 15.5 Å². The predicted molar refractivity (Wildman–Crippen MR) is 89.7 cm³/mol. The van der Waals surface area contributed by atoms with Crippen LogP contribution in [0.2, 0.25) is 0 Å². The first-order chi connectivity index (χ1) is 10.1. The van der Waals surface area contributed by atoms with Crippen LogP contribution in [0.1, 0.15) is 40.5 Å². The molecule has 0 aromatic heterocycles. The van der Waals surface area contributed by atoms with E-state index in [2.05, 4.69) is 43.2 Å². The van der Waals surface area contributed by atoms with Crippen molar-refractivity contribution in [2.24, 2.45) is 0 Å². The molecule has 1 heterocycles. The van der Waals surface area contributed by atoms with Crippen molar-refractivity contribution in [3.8, 4) is 0 Å². The molecule has 0 aliphatic carbocycles. The van der Waals surface area contributed by atoms with Gasteiger partial charge in [0.2, 0.25) is 5.91 Å². The van der Waals surface area contributed by atoms with Gasteiger partial charge >= 0.3 is 0 Å². The Morgan fingerprint density at radius 1 is 1.18 bits per heavy atom. The molecule has 0 saturated carbocycles. The summed E-state index contributed by atoms with van der Waals surface area (Å²) < 4.78 is 23.1. The van der Waals surface area contributed by atoms with Gasteiger partial charge in [0.15, 0.2) is 14.6 Å². The largest absolute Gasteiger partial charge is 0.353 e. The van der Waals surface area contributed by atoms with Gasteiger partial charge in [0, 0.05) is 31.4 Å². The number of hydrogen-bond acceptors (Lipinski definition) is 5. The fourth-order valence-corrected chi connectivity index (χ4v) is 4.52. The van der Waals surface area contributed by atoms with Gasteiger partial charge in [-0.05, 0) is 53.6 Å². The highest BCUT2D eigenvalue weighted by Gasteiger charge is 2.48. The zero-order valence-corrected chi connectivity index (χ0v) is 15.3. The number of nitrogens with zero attached hydrogens (tertiary/aromatic N) is 1. The van der Waals surface area contributed by atoms with E-state index >= 15 is 0 Å². The number of carbonyl (C=O) groups excluding carboxylic acids is 1. The smallest absolute Gasteiger partial charge is 0.241 e. The quantitative estimate of drug-likeness (QED) is 0.705. The summed E-state index contributed by atoms with van der Waals surface area (Å²) in [6.45, 7) is 10.8. The predicted octanol–water partition coefficient (Wildman–Crippen LogP) is 0.388. The van der Waals surface area contributed by atoms with E-state index in [4.69, 9.17) is 0 Å². The normalized spacial score (nSPS) is 18.9. The second kappa shape index (κ2) is 7.75. The maximum Gasteiger partial charge on any atom is 0.241 e. The van der Waals surface area contributed by atoms with Gasteiger partial charge in [-0.2, -0.15) is 0 Å². The lowest BCUT2D eigenvalue weighted by Crippen LogP contribution is -2.58. The lowest BCUT2D eigenvalue weighted by atomic mass is 9.96. The molecule has 0 aromatic rings. The highest BCUT2D eigenvalue weighted by molar-refractivity contribution is 7.92. The average Bonchev–Trinajstić information content (AvgIpc) is 2.42. The molecule has 6 nitrogen and oxygen atoms in total. The summed E-state index contributed by atoms with van der Waals surface area (Å²) in [5.41, 5.74) is 0. The lowest BCUT2D eigenvalue weighted by molar-refractivity contribution is -0.124. The Hall–Kier alpha value is -0.660. The zero-order valence-electron chi connectivity index (χ0n) is 14.5. The fraction of sp³-hybridized carbons (Fsp3) is 0.933. The number of carbonyl (C=O) groups is 1. The van der Waals surface area contributed by atoms with Crippen LogP contribution in [0.4, 0.5) is 0 Å². The summed E-state index contributed by atoms with van der Waals surface area (Å²) in [6.07, 6.45) is 1.86. The van der Waals surface area contributed by atoms with Gasteiger partial charge in [0.1, 0.15) is 0 Å². The molecule has 0 bridgehead atoms. The van der Waals surface area contributed by atoms with Gasteiger partial charge in [-0.15, -0.1) is 0 Å². The highest BCUT2D eigenvalue weighted by Crippen LogP contribution is 2.27. The van der Waals surface area contributed by atoms with Crippen LogP contribution < -0.4 is 10.6 Å². The van der Waals surface area contributed by atoms with E-state index in [1.165, 1.54) is 6.26 Å². The van der Waals surface area contributed by atoms with E-state index in [1.807, 2.05) is 0 Å². The molecule has 1 amide bonds. The van der Waals surface area contributed by atoms with Crippen LogP contribution in [0.5, 0.6) is 0 Å². The summed E-state index contributed by atoms with van der Waals surface area (Å²) >= 11 is 0. The minimum Gasteiger partial charge on any atom is -0.353 e. The van der Waals surface area contributed by atoms with Crippen molar-refractivity contribution < 1.29 is 13.2 Å². The second-order valence-electron chi connectivity index (χ2n) is 6.70. The van der Waals surface area contributed by atoms with Gasteiger partial charge in [0.05, 0.1) is 0 Å². The van der Waals surface area contributed by atoms with Gasteiger partial charge in [-0.1, -0.05) is 0 Å². The van der Waals surface area contributed by atoms with Crippen LogP contribution in [-0.4, -0.2) is 68.5 Å². The molecule has 1 aliphatic rings. The molecule has 0 radical (unpaired) electrons. The third kappa shape index (κ3) is 4.43. The molecule has 0 unspecified atom stereocenters. The van der Waals surface area contributed by atoms with E-state index in [0.717, 1.165) is 6.54 Å². The Balaban J connectivity index is 2.69. The molecule has 0 aromatic carbocycles. The summed E-state index contributed by atoms with van der Waals surface area (Å²) in [5.74, 6) is -0.344. The monoisotopic (exact) mass is 333 g/mol. The third-order valence-electron chi connectivity index (χ3n) is 4.52. The Labute approximate surface area is 134 Å². The molecular formula is C15H31N3O3S. The Morgan fingerprint density at radius 2 is 1.68 bits per heavy atom. The van der Waals surface area contributed by atoms with Crippen molar-refractivity contribution in [2.75, 3.05) is 32.4 Å². The molecule has 7 heteroatoms. The Kier molecular flexibility index (Phi) is 6.83. The first kappa shape index (κ1) is 19.4. The van der Waals surface area contributed by atoms with E-state index in [9.17, 15) is 13.2 Å². The van der Waals surface area contributed by atoms with Crippen molar-refractivity contribution in [2.45, 2.75) is 57.4 Å². The molecule has 0 atom stereocenters. The molecule has 2 N–H and O–H groups in total. The summed E-state index contributed by atoms with van der Waals surface area (Å²) in [4.78, 5) is 14.8. The van der Waals surface area contributed by atoms with Crippen molar-refractivity contribution >= 4 is 15.7 Å². The minimum atomic E-state index is -3.44. The first-order valence-corrected chi connectivity index (χ1v) is 9.95. The molecule has 130 valence electrons. The minimum absolute atomic E-state index is 0.343. The highest BCUT2D eigenvalue weighted by atomic mass is 32.2. The molecule has 1 rings (SSSR count). The molecule has 0 spiro atoms. The van der Waals surface area contributed by atoms with Gasteiger partial charge in [-0.3, -0.25) is 9.69 Å². The topological polar surface area (TPSA) is 78.5 Å². The maximum absolute atomic E-state index is 12.6. The number of rotatable bonds is 7. The van der Waals surface area contributed by atoms with Crippen molar-refractivity contribution in [1.29, 1.82) is 0 Å². The number of amides is 1. The van der Waals surface area contributed by atoms with Crippen LogP contribution in [-0.2, 0) is 14.6 Å². The molecular weight excluding hydrogens is 302 g/mol. The van der Waals surface area contributed by atoms with E-state index in [1.54, 1.807) is 0 Å². The Morgan fingerprint density at radius 3 is 2.09 bits per heavy atom. The van der Waals surface area contributed by atoms with Crippen LogP contribution in [0, 0.1) is 0 Å². The summed E-state index contributed by atoms with van der Waals surface area (Å²) in [5, 5.41) is 5.97. The van der Waals surface area contributed by atoms with Crippen molar-refractivity contribution in [3.05, 3.63) is 0 Å². The van der Waals surface area contributed by atoms with Gasteiger partial charge in [-0.25, -0.2) is 8.42 Å². The van der Waals surface area contributed by atoms with Crippen molar-refractivity contribution in [3.63, 3.8) is 0 Å². The van der Waals surface area contributed by atoms with Crippen LogP contribution in [0.25, 0.3) is 0 Å². The first-order valence-electron chi connectivity index (χ1n) is 8.06. The van der Waals surface area contributed by atoms with E-state index < -0.39 is 14.6 Å². The number of piperidine rings is 1. The van der Waals surface area contributed by atoms with Crippen LogP contribution in [0.15, 0.2) is 0 Å². The molecule has 1 aliphatic heterocycles. The van der Waals surface area contributed by atoms with E-state index in [-0.39, 0.29) is 5.91 Å². The van der Waals surface area contributed by atoms with Crippen LogP contribution >= 0.6 is 0 Å². The number of hydrogen-bond donors (Lipinski definition) is 2. The average molecular weight is 333 g/mol. The lowest BCUT2D eigenvalue weighted by Gasteiger charge is -2.35. The van der Waals surface area contributed by atoms with Crippen LogP contribution in [0.3, 0.4) is 0 Å². The summed E-state index contributed by atoms with van der Waals surface area (Å²) in [7, 11) is -3.44. The van der Waals surface area contributed by atoms with E-state index in [0.29, 0.717) is 44.6 Å². The van der Waals surface area contributed by atoms with Gasteiger partial charge < -0.3 is 10.6 Å². The maximum atomic E-state index is 12.6. The van der Waals surface area contributed by atoms with Gasteiger partial charge in [0.25, 0.3) is 0 Å². The zero-order chi connectivity index (χ0) is 17.0. The summed E-state index contributed by atoms with van der Waals surface area (Å²) in [6, 6.07) is 0.777. The SMILES string of the molecule is CC(C)N(CCNC(=O)C1(S(C)(=O)=O)CCNCC1)C(C)C. The number of sulfone groups is 1. The fourth-order valence-electron chi connectivity index (χ4n) is 3.17. The number of nitrogens with one attached hydrogen (secondary N) is 2. The molecule has 1 saturated heterocycles. The molecule has 22 heavy (non-hydrogen) atoms. The standard InChI is InChI=1S/C15H31N3O3S/c1-12(2)18(13(3)4)11-10-17-14(19)15(22(5,20)21)6-8-16-9-7-15/h12-13,16H,6-11H2,1-5H3,(H,17,19).